The highest BCUT2D eigenvalue weighted by molar-refractivity contribution is 5.78. The third-order valence-corrected chi connectivity index (χ3v) is 27.4. The summed E-state index contributed by atoms with van der Waals surface area (Å²) in [5.74, 6) is 11.7. The minimum atomic E-state index is 0.391. The smallest absolute Gasteiger partial charge is 0.222 e. The number of rotatable bonds is 0. The maximum atomic E-state index is 11.2. The summed E-state index contributed by atoms with van der Waals surface area (Å²) in [6, 6.07) is 10.4. The predicted molar refractivity (Wildman–Crippen MR) is 401 cm³/mol. The molecule has 0 aromatic heterocycles. The lowest BCUT2D eigenvalue weighted by Crippen LogP contribution is -2.41. The second-order valence-electron chi connectivity index (χ2n) is 36.9. The first-order chi connectivity index (χ1) is 44.8. The third kappa shape index (κ3) is 28.2. The van der Waals surface area contributed by atoms with Crippen LogP contribution in [0.15, 0.2) is 24.3 Å². The SMILES string of the molecule is CC12CCC(CC1)CC2.CC1CC2(CCC2)C1.CC1CC2CC2C1.CC1CCC2(CC1)CC2.CC1CCCCC1.CC1CCOCC1.CN1CCCCC1.CN1CCCCC1.C[C@@H]1CCN2C(=O)CCC2C1.C[C@H]1CCC2CCCN2C1.C[C@H]1CCc2ccccc2C1. The Morgan fingerprint density at radius 3 is 1.42 bits per heavy atom. The van der Waals surface area contributed by atoms with Gasteiger partial charge in [-0.3, -0.25) is 4.79 Å². The number of amides is 1. The number of piperidine rings is 4. The fourth-order valence-corrected chi connectivity index (χ4v) is 19.9. The van der Waals surface area contributed by atoms with Crippen LogP contribution < -0.4 is 0 Å². The van der Waals surface area contributed by atoms with Crippen molar-refractivity contribution in [3.05, 3.63) is 35.4 Å². The molecule has 7 saturated heterocycles. The van der Waals surface area contributed by atoms with Crippen molar-refractivity contribution in [2.75, 3.05) is 73.1 Å². The summed E-state index contributed by atoms with van der Waals surface area (Å²) in [6.45, 7) is 32.3. The van der Waals surface area contributed by atoms with Gasteiger partial charge < -0.3 is 24.3 Å². The molecule has 7 aliphatic heterocycles. The molecule has 4 unspecified atom stereocenters. The van der Waals surface area contributed by atoms with Crippen molar-refractivity contribution in [3.63, 3.8) is 0 Å². The summed E-state index contributed by atoms with van der Waals surface area (Å²) < 4.78 is 5.14. The summed E-state index contributed by atoms with van der Waals surface area (Å²) in [5, 5.41) is 0. The van der Waals surface area contributed by atoms with Gasteiger partial charge in [0.1, 0.15) is 0 Å². The van der Waals surface area contributed by atoms with Crippen molar-refractivity contribution in [1.29, 1.82) is 0 Å². The molecule has 536 valence electrons. The Bertz CT molecular complexity index is 2050. The first-order valence-electron chi connectivity index (χ1n) is 41.9. The van der Waals surface area contributed by atoms with Crippen LogP contribution in [-0.2, 0) is 22.4 Å². The van der Waals surface area contributed by atoms with E-state index in [1.807, 2.05) is 0 Å². The molecule has 1 aromatic carbocycles. The summed E-state index contributed by atoms with van der Waals surface area (Å²) in [7, 11) is 4.39. The highest BCUT2D eigenvalue weighted by Crippen LogP contribution is 2.59. The van der Waals surface area contributed by atoms with Gasteiger partial charge in [0.05, 0.1) is 0 Å². The molecule has 0 N–H and O–H groups in total. The van der Waals surface area contributed by atoms with E-state index < -0.39 is 0 Å². The van der Waals surface area contributed by atoms with Crippen molar-refractivity contribution >= 4 is 5.91 Å². The predicted octanol–water partition coefficient (Wildman–Crippen LogP) is 22.9. The Morgan fingerprint density at radius 1 is 0.398 bits per heavy atom. The third-order valence-electron chi connectivity index (χ3n) is 27.4. The van der Waals surface area contributed by atoms with Crippen LogP contribution in [0.3, 0.4) is 0 Å². The maximum absolute atomic E-state index is 11.2. The zero-order valence-corrected chi connectivity index (χ0v) is 63.9. The van der Waals surface area contributed by atoms with E-state index in [-0.39, 0.29) is 0 Å². The van der Waals surface area contributed by atoms with E-state index in [0.717, 1.165) is 108 Å². The molecular weight excluding hydrogens is 1130 g/mol. The van der Waals surface area contributed by atoms with Crippen LogP contribution in [0, 0.1) is 81.3 Å². The number of hydrogen-bond acceptors (Lipinski definition) is 5. The molecule has 6 nitrogen and oxygen atoms in total. The van der Waals surface area contributed by atoms with E-state index in [2.05, 4.69) is 120 Å². The van der Waals surface area contributed by atoms with E-state index in [4.69, 9.17) is 4.74 Å². The van der Waals surface area contributed by atoms with Crippen molar-refractivity contribution in [2.45, 2.75) is 357 Å². The van der Waals surface area contributed by atoms with E-state index in [1.54, 1.807) is 81.8 Å². The van der Waals surface area contributed by atoms with Crippen LogP contribution >= 0.6 is 0 Å². The van der Waals surface area contributed by atoms with Crippen LogP contribution in [0.1, 0.15) is 343 Å². The van der Waals surface area contributed by atoms with Crippen LogP contribution in [0.25, 0.3) is 0 Å². The van der Waals surface area contributed by atoms with E-state index in [9.17, 15) is 4.79 Å². The molecule has 11 aliphatic carbocycles. The molecule has 17 fully saturated rings. The molecular formula is C87H156N4O2. The van der Waals surface area contributed by atoms with Crippen molar-refractivity contribution in [3.8, 4) is 0 Å². The van der Waals surface area contributed by atoms with Gasteiger partial charge in [0, 0.05) is 44.8 Å². The molecule has 0 radical (unpaired) electrons. The Labute approximate surface area is 578 Å². The zero-order valence-electron chi connectivity index (χ0n) is 63.9. The lowest BCUT2D eigenvalue weighted by molar-refractivity contribution is -0.130. The quantitative estimate of drug-likeness (QED) is 0.259. The van der Waals surface area contributed by atoms with Gasteiger partial charge in [-0.1, -0.05) is 151 Å². The Kier molecular flexibility index (Phi) is 33.3. The summed E-state index contributed by atoms with van der Waals surface area (Å²) in [5.41, 5.74) is 5.76. The standard InChI is InChI=1S/C11H14.C9H15NO.C9H17N.2C9H16.C8H14.C7H12.C7H14.2C6H13N.C6H12O/c1-9-6-7-10-4-2-3-5-11(10)8-9;1-7-4-5-10-8(6-7)2-3-9(10)11;1-8-4-5-9-3-2-6-10(9)7-8;1-9-5-2-8(3-6-9)4-7-9;1-8-2-4-9(5-3-8)6-7-9;1-7-5-8(6-7)3-2-4-8;1-5-2-6-4-7(6)3-5;3*1-7-5-3-2-4-6-7;1-6-2-4-7-5-3-6/h2-5,9H,6-8H2,1H3;7-8H,2-6H2,1H3;8-9H,2-7H2,1H3;2*8H,2-7H2,1H3;7H,2-6H2,1H3;5-7H,2-4H2,1H3;7H,2-6H2,1H3;2*2-6H2,1H3;6H,2-5H2,1H3/t9-;7-,8?;8-,9?;;;;;;;;/m010......../s1. The van der Waals surface area contributed by atoms with Gasteiger partial charge in [0.15, 0.2) is 0 Å². The van der Waals surface area contributed by atoms with Gasteiger partial charge in [-0.15, -0.1) is 0 Å². The minimum Gasteiger partial charge on any atom is -0.381 e. The highest BCUT2D eigenvalue weighted by atomic mass is 16.5. The molecule has 1 aromatic rings. The first kappa shape index (κ1) is 77.3. The molecule has 18 aliphatic rings. The van der Waals surface area contributed by atoms with Crippen molar-refractivity contribution in [1.82, 2.24) is 19.6 Å². The molecule has 2 bridgehead atoms. The van der Waals surface area contributed by atoms with Gasteiger partial charge in [-0.2, -0.15) is 0 Å². The van der Waals surface area contributed by atoms with Crippen molar-refractivity contribution in [2.24, 2.45) is 81.3 Å². The number of carbonyl (C=O) groups is 1. The topological polar surface area (TPSA) is 39.3 Å². The molecule has 10 saturated carbocycles. The number of likely N-dealkylation sites (tertiary alicyclic amines) is 2. The normalized spacial score (nSPS) is 35.0. The van der Waals surface area contributed by atoms with Gasteiger partial charge in [0.2, 0.25) is 5.91 Å². The highest BCUT2D eigenvalue weighted by Gasteiger charge is 2.47. The fraction of sp³-hybridized carbons (Fsp3) is 0.920. The Hall–Kier alpha value is -1.47. The van der Waals surface area contributed by atoms with E-state index in [1.165, 1.54) is 250 Å². The second kappa shape index (κ2) is 40.1. The lowest BCUT2D eigenvalue weighted by atomic mass is 9.52. The average Bonchev–Trinajstić information content (AvgIpc) is 1.61. The Morgan fingerprint density at radius 2 is 0.968 bits per heavy atom. The first-order valence-corrected chi connectivity index (χ1v) is 41.9. The molecule has 1 amide bonds. The second-order valence-corrected chi connectivity index (χ2v) is 36.9. The minimum absolute atomic E-state index is 0.391. The molecule has 2 spiro atoms. The van der Waals surface area contributed by atoms with Crippen LogP contribution in [-0.4, -0.2) is 111 Å². The number of aryl methyl sites for hydroxylation is 1. The van der Waals surface area contributed by atoms with Gasteiger partial charge in [-0.05, 0) is 351 Å². The lowest BCUT2D eigenvalue weighted by Gasteiger charge is -2.53. The maximum Gasteiger partial charge on any atom is 0.222 e. The van der Waals surface area contributed by atoms with Gasteiger partial charge in [-0.25, -0.2) is 0 Å². The molecule has 6 heteroatoms. The van der Waals surface area contributed by atoms with E-state index in [0.29, 0.717) is 11.9 Å². The number of fused-ring (bicyclic) bond motifs is 7. The molecule has 93 heavy (non-hydrogen) atoms. The number of benzene rings is 1. The van der Waals surface area contributed by atoms with Crippen LogP contribution in [0.4, 0.5) is 0 Å². The van der Waals surface area contributed by atoms with Crippen molar-refractivity contribution < 1.29 is 9.53 Å². The molecule has 19 rings (SSSR count). The molecule has 7 atom stereocenters. The summed E-state index contributed by atoms with van der Waals surface area (Å²) in [4.78, 5) is 20.8. The number of carbonyl (C=O) groups excluding carboxylic acids is 1. The molecule has 7 heterocycles. The summed E-state index contributed by atoms with van der Waals surface area (Å²) in [6.07, 6.45) is 63.5. The van der Waals surface area contributed by atoms with E-state index >= 15 is 0 Å². The Balaban J connectivity index is 0.000000132. The number of hydrogen-bond donors (Lipinski definition) is 0. The van der Waals surface area contributed by atoms with Gasteiger partial charge >= 0.3 is 0 Å². The summed E-state index contributed by atoms with van der Waals surface area (Å²) >= 11 is 0. The average molecular weight is 1290 g/mol. The van der Waals surface area contributed by atoms with Crippen LogP contribution in [0.5, 0.6) is 0 Å². The monoisotopic (exact) mass is 1290 g/mol. The number of ether oxygens (including phenoxy) is 1. The van der Waals surface area contributed by atoms with Gasteiger partial charge in [0.25, 0.3) is 0 Å². The van der Waals surface area contributed by atoms with Crippen LogP contribution in [0.2, 0.25) is 0 Å². The zero-order chi connectivity index (χ0) is 66.1. The number of nitrogens with zero attached hydrogens (tertiary/aromatic N) is 4. The fourth-order valence-electron chi connectivity index (χ4n) is 19.9. The largest absolute Gasteiger partial charge is 0.381 e.